The van der Waals surface area contributed by atoms with Gasteiger partial charge in [-0.3, -0.25) is 0 Å². The molecule has 0 N–H and O–H groups in total. The molecule has 0 amide bonds. The van der Waals surface area contributed by atoms with Gasteiger partial charge in [0.2, 0.25) is 0 Å². The molecule has 46 heavy (non-hydrogen) atoms. The second kappa shape index (κ2) is 9.64. The lowest BCUT2D eigenvalue weighted by Crippen LogP contribution is -1.94. The van der Waals surface area contributed by atoms with Crippen LogP contribution in [-0.4, -0.2) is 9.13 Å². The molecule has 2 nitrogen and oxygen atoms in total. The first kappa shape index (κ1) is 25.6. The van der Waals surface area contributed by atoms with Gasteiger partial charge in [0.25, 0.3) is 0 Å². The summed E-state index contributed by atoms with van der Waals surface area (Å²) in [6, 6.07) is 53.1. The van der Waals surface area contributed by atoms with Gasteiger partial charge in [-0.1, -0.05) is 84.9 Å². The quantitative estimate of drug-likeness (QED) is 0.189. The van der Waals surface area contributed by atoms with Crippen LogP contribution in [0.4, 0.5) is 4.39 Å². The average Bonchev–Trinajstić information content (AvgIpc) is 3.75. The Bertz CT molecular complexity index is 2800. The van der Waals surface area contributed by atoms with E-state index in [-0.39, 0.29) is 5.82 Å². The van der Waals surface area contributed by atoms with Gasteiger partial charge in [0, 0.05) is 53.1 Å². The Morgan fingerprint density at radius 3 is 1.67 bits per heavy atom. The minimum absolute atomic E-state index is 0.199. The number of hydrogen-bond donors (Lipinski definition) is 0. The number of aromatic nitrogens is 2. The molecule has 0 atom stereocenters. The van der Waals surface area contributed by atoms with E-state index in [9.17, 15) is 4.39 Å². The van der Waals surface area contributed by atoms with Crippen molar-refractivity contribution in [1.82, 2.24) is 9.13 Å². The van der Waals surface area contributed by atoms with Crippen LogP contribution in [0.15, 0.2) is 152 Å². The Kier molecular flexibility index (Phi) is 5.37. The molecular formula is C42H25FN2S. The Labute approximate surface area is 267 Å². The second-order valence-electron chi connectivity index (χ2n) is 11.9. The van der Waals surface area contributed by atoms with Crippen molar-refractivity contribution in [2.24, 2.45) is 0 Å². The fourth-order valence-corrected chi connectivity index (χ4v) is 8.57. The highest BCUT2D eigenvalue weighted by Crippen LogP contribution is 2.42. The van der Waals surface area contributed by atoms with Gasteiger partial charge in [-0.05, 0) is 77.9 Å². The van der Waals surface area contributed by atoms with Gasteiger partial charge in [0.15, 0.2) is 0 Å². The fourth-order valence-electron chi connectivity index (χ4n) is 7.35. The van der Waals surface area contributed by atoms with Crippen molar-refractivity contribution in [3.8, 4) is 22.5 Å². The lowest BCUT2D eigenvalue weighted by Gasteiger charge is -2.10. The van der Waals surface area contributed by atoms with E-state index in [4.69, 9.17) is 0 Å². The SMILES string of the molecule is Fc1ccc2sc3c(-c4ccc(-n5c6ccccc6c6cc7c(cc65)c5ccccc5n7-c5ccccc5)cc4)cccc3c2c1. The van der Waals surface area contributed by atoms with Crippen LogP contribution in [0, 0.1) is 5.82 Å². The first-order chi connectivity index (χ1) is 22.7. The summed E-state index contributed by atoms with van der Waals surface area (Å²) in [4.78, 5) is 0. The van der Waals surface area contributed by atoms with E-state index in [0.29, 0.717) is 0 Å². The van der Waals surface area contributed by atoms with Crippen molar-refractivity contribution < 1.29 is 4.39 Å². The molecule has 10 aromatic rings. The van der Waals surface area contributed by atoms with Crippen LogP contribution < -0.4 is 0 Å². The molecule has 4 heteroatoms. The molecule has 10 rings (SSSR count). The highest BCUT2D eigenvalue weighted by Gasteiger charge is 2.18. The number of rotatable bonds is 3. The third-order valence-electron chi connectivity index (χ3n) is 9.38. The zero-order chi connectivity index (χ0) is 30.4. The standard InChI is InChI=1S/C42H25FN2S/c43-27-19-22-41-36(23-27)33-14-8-13-30(42(33)46-41)26-17-20-29(21-18-26)45-38-16-7-5-12-32(38)35-24-39-34(25-40(35)45)31-11-4-6-15-37(31)44(39)28-9-2-1-3-10-28/h1-25H. The summed E-state index contributed by atoms with van der Waals surface area (Å²) < 4.78 is 21.2. The van der Waals surface area contributed by atoms with E-state index in [1.54, 1.807) is 23.5 Å². The normalized spacial score (nSPS) is 12.0. The molecule has 0 bridgehead atoms. The van der Waals surface area contributed by atoms with Crippen molar-refractivity contribution in [2.45, 2.75) is 0 Å². The van der Waals surface area contributed by atoms with Crippen LogP contribution in [0.25, 0.3) is 86.3 Å². The minimum atomic E-state index is -0.199. The van der Waals surface area contributed by atoms with E-state index < -0.39 is 0 Å². The first-order valence-corrected chi connectivity index (χ1v) is 16.3. The van der Waals surface area contributed by atoms with E-state index >= 15 is 0 Å². The third-order valence-corrected chi connectivity index (χ3v) is 10.6. The number of benzene rings is 7. The van der Waals surface area contributed by atoms with Gasteiger partial charge in [-0.2, -0.15) is 0 Å². The zero-order valence-corrected chi connectivity index (χ0v) is 25.4. The van der Waals surface area contributed by atoms with Crippen LogP contribution in [0.5, 0.6) is 0 Å². The molecule has 7 aromatic carbocycles. The van der Waals surface area contributed by atoms with E-state index in [1.807, 2.05) is 6.07 Å². The van der Waals surface area contributed by atoms with Crippen molar-refractivity contribution in [3.63, 3.8) is 0 Å². The summed E-state index contributed by atoms with van der Waals surface area (Å²) in [5.74, 6) is -0.199. The summed E-state index contributed by atoms with van der Waals surface area (Å²) in [6.45, 7) is 0. The summed E-state index contributed by atoms with van der Waals surface area (Å²) in [5, 5.41) is 7.02. The van der Waals surface area contributed by atoms with E-state index in [2.05, 4.69) is 143 Å². The lowest BCUT2D eigenvalue weighted by atomic mass is 10.0. The van der Waals surface area contributed by atoms with Crippen LogP contribution in [0.2, 0.25) is 0 Å². The number of fused-ring (bicyclic) bond motifs is 9. The number of halogens is 1. The topological polar surface area (TPSA) is 9.86 Å². The number of para-hydroxylation sites is 3. The predicted molar refractivity (Wildman–Crippen MR) is 193 cm³/mol. The molecule has 0 saturated carbocycles. The Morgan fingerprint density at radius 1 is 0.413 bits per heavy atom. The minimum Gasteiger partial charge on any atom is -0.309 e. The highest BCUT2D eigenvalue weighted by atomic mass is 32.1. The molecule has 3 heterocycles. The van der Waals surface area contributed by atoms with Gasteiger partial charge in [0.05, 0.1) is 22.1 Å². The monoisotopic (exact) mass is 608 g/mol. The van der Waals surface area contributed by atoms with Crippen LogP contribution in [-0.2, 0) is 0 Å². The maximum absolute atomic E-state index is 14.1. The summed E-state index contributed by atoms with van der Waals surface area (Å²) in [6.07, 6.45) is 0. The predicted octanol–water partition coefficient (Wildman–Crippen LogP) is 12.1. The molecule has 216 valence electrons. The van der Waals surface area contributed by atoms with Crippen molar-refractivity contribution in [1.29, 1.82) is 0 Å². The van der Waals surface area contributed by atoms with E-state index in [0.717, 1.165) is 32.4 Å². The molecule has 0 saturated heterocycles. The van der Waals surface area contributed by atoms with Crippen molar-refractivity contribution in [3.05, 3.63) is 157 Å². The largest absolute Gasteiger partial charge is 0.309 e. The van der Waals surface area contributed by atoms with E-state index in [1.165, 1.54) is 53.9 Å². The summed E-state index contributed by atoms with van der Waals surface area (Å²) >= 11 is 1.73. The number of nitrogens with zero attached hydrogens (tertiary/aromatic N) is 2. The maximum atomic E-state index is 14.1. The Hall–Kier alpha value is -5.71. The molecule has 0 aliphatic heterocycles. The van der Waals surface area contributed by atoms with Gasteiger partial charge < -0.3 is 9.13 Å². The van der Waals surface area contributed by atoms with Crippen molar-refractivity contribution >= 4 is 75.1 Å². The Balaban J connectivity index is 1.20. The smallest absolute Gasteiger partial charge is 0.123 e. The number of hydrogen-bond acceptors (Lipinski definition) is 1. The fraction of sp³-hybridized carbons (Fsp3) is 0. The lowest BCUT2D eigenvalue weighted by molar-refractivity contribution is 0.630. The maximum Gasteiger partial charge on any atom is 0.123 e. The molecular weight excluding hydrogens is 584 g/mol. The first-order valence-electron chi connectivity index (χ1n) is 15.5. The summed E-state index contributed by atoms with van der Waals surface area (Å²) in [5.41, 5.74) is 9.37. The average molecular weight is 609 g/mol. The molecule has 0 fully saturated rings. The molecule has 0 aliphatic rings. The molecule has 0 aliphatic carbocycles. The second-order valence-corrected chi connectivity index (χ2v) is 13.0. The highest BCUT2D eigenvalue weighted by molar-refractivity contribution is 7.26. The Morgan fingerprint density at radius 2 is 1.00 bits per heavy atom. The van der Waals surface area contributed by atoms with Crippen LogP contribution in [0.3, 0.4) is 0 Å². The number of thiophene rings is 1. The molecule has 0 spiro atoms. The van der Waals surface area contributed by atoms with Gasteiger partial charge in [0.1, 0.15) is 5.82 Å². The van der Waals surface area contributed by atoms with Crippen molar-refractivity contribution in [2.75, 3.05) is 0 Å². The third kappa shape index (κ3) is 3.62. The van der Waals surface area contributed by atoms with Gasteiger partial charge >= 0.3 is 0 Å². The van der Waals surface area contributed by atoms with Crippen LogP contribution >= 0.6 is 11.3 Å². The van der Waals surface area contributed by atoms with Gasteiger partial charge in [-0.25, -0.2) is 4.39 Å². The van der Waals surface area contributed by atoms with Gasteiger partial charge in [-0.15, -0.1) is 11.3 Å². The summed E-state index contributed by atoms with van der Waals surface area (Å²) in [7, 11) is 0. The molecule has 0 radical (unpaired) electrons. The van der Waals surface area contributed by atoms with Crippen LogP contribution in [0.1, 0.15) is 0 Å². The zero-order valence-electron chi connectivity index (χ0n) is 24.6. The molecule has 3 aromatic heterocycles. The molecule has 0 unspecified atom stereocenters.